The van der Waals surface area contributed by atoms with Crippen molar-refractivity contribution in [2.75, 3.05) is 24.5 Å². The van der Waals surface area contributed by atoms with E-state index in [0.717, 1.165) is 32.0 Å². The van der Waals surface area contributed by atoms with Crippen molar-refractivity contribution in [3.63, 3.8) is 0 Å². The molecule has 4 nitrogen and oxygen atoms in total. The molecule has 1 saturated heterocycles. The zero-order valence-electron chi connectivity index (χ0n) is 11.9. The van der Waals surface area contributed by atoms with Gasteiger partial charge in [-0.25, -0.2) is 9.97 Å². The zero-order chi connectivity index (χ0) is 13.1. The summed E-state index contributed by atoms with van der Waals surface area (Å²) in [5.74, 6) is 0.951. The molecule has 1 aromatic heterocycles. The average Bonchev–Trinajstić information content (AvgIpc) is 2.98. The highest BCUT2D eigenvalue weighted by Crippen LogP contribution is 2.29. The van der Waals surface area contributed by atoms with E-state index in [9.17, 15) is 0 Å². The third kappa shape index (κ3) is 2.73. The van der Waals surface area contributed by atoms with Gasteiger partial charge in [0.05, 0.1) is 5.69 Å². The van der Waals surface area contributed by atoms with Gasteiger partial charge in [0.25, 0.3) is 0 Å². The predicted octanol–water partition coefficient (Wildman–Crippen LogP) is 2.45. The van der Waals surface area contributed by atoms with Crippen molar-refractivity contribution in [2.45, 2.75) is 51.5 Å². The van der Waals surface area contributed by atoms with Crippen molar-refractivity contribution in [2.24, 2.45) is 0 Å². The Kier molecular flexibility index (Phi) is 3.97. The molecule has 0 aromatic carbocycles. The van der Waals surface area contributed by atoms with Gasteiger partial charge in [-0.2, -0.15) is 0 Å². The molecule has 1 atom stereocenters. The van der Waals surface area contributed by atoms with Gasteiger partial charge in [-0.3, -0.25) is 0 Å². The number of anilines is 1. The molecule has 3 rings (SSSR count). The predicted molar refractivity (Wildman–Crippen MR) is 77.5 cm³/mol. The lowest BCUT2D eigenvalue weighted by Gasteiger charge is -2.26. The van der Waals surface area contributed by atoms with Crippen LogP contribution in [0.5, 0.6) is 0 Å². The van der Waals surface area contributed by atoms with Crippen LogP contribution in [-0.4, -0.2) is 29.6 Å². The Morgan fingerprint density at radius 1 is 1.32 bits per heavy atom. The summed E-state index contributed by atoms with van der Waals surface area (Å²) in [5, 5.41) is 3.62. The molecule has 0 saturated carbocycles. The topological polar surface area (TPSA) is 41.1 Å². The van der Waals surface area contributed by atoms with Crippen molar-refractivity contribution in [3.8, 4) is 0 Å². The molecule has 1 aliphatic heterocycles. The maximum absolute atomic E-state index is 4.83. The second kappa shape index (κ2) is 5.87. The lowest BCUT2D eigenvalue weighted by molar-refractivity contribution is 0.453. The van der Waals surface area contributed by atoms with Crippen LogP contribution in [0.4, 0.5) is 5.95 Å². The van der Waals surface area contributed by atoms with Crippen LogP contribution in [0.2, 0.25) is 0 Å². The van der Waals surface area contributed by atoms with Crippen LogP contribution < -0.4 is 10.2 Å². The summed E-state index contributed by atoms with van der Waals surface area (Å²) < 4.78 is 0. The van der Waals surface area contributed by atoms with Crippen LogP contribution in [0, 0.1) is 0 Å². The molecule has 0 spiro atoms. The maximum Gasteiger partial charge on any atom is 0.225 e. The quantitative estimate of drug-likeness (QED) is 0.903. The Hall–Kier alpha value is -1.16. The molecule has 1 unspecified atom stereocenters. The van der Waals surface area contributed by atoms with Crippen LogP contribution >= 0.6 is 0 Å². The smallest absolute Gasteiger partial charge is 0.225 e. The minimum absolute atomic E-state index is 0.469. The number of nitrogens with zero attached hydrogens (tertiary/aromatic N) is 3. The van der Waals surface area contributed by atoms with Crippen LogP contribution in [0.1, 0.15) is 56.3 Å². The van der Waals surface area contributed by atoms with Crippen LogP contribution in [0.25, 0.3) is 0 Å². The van der Waals surface area contributed by atoms with Gasteiger partial charge in [-0.05, 0) is 45.1 Å². The second-order valence-corrected chi connectivity index (χ2v) is 5.67. The summed E-state index contributed by atoms with van der Waals surface area (Å²) in [5.41, 5.74) is 2.61. The van der Waals surface area contributed by atoms with E-state index >= 15 is 0 Å². The average molecular weight is 260 g/mol. The first-order valence-electron chi connectivity index (χ1n) is 7.72. The van der Waals surface area contributed by atoms with Gasteiger partial charge in [0, 0.05) is 30.9 Å². The number of hydrogen-bond donors (Lipinski definition) is 1. The summed E-state index contributed by atoms with van der Waals surface area (Å²) in [6.07, 6.45) is 9.39. The van der Waals surface area contributed by atoms with Gasteiger partial charge in [0.2, 0.25) is 5.95 Å². The highest BCUT2D eigenvalue weighted by molar-refractivity contribution is 5.36. The third-order valence-corrected chi connectivity index (χ3v) is 4.20. The Balaban J connectivity index is 1.79. The van der Waals surface area contributed by atoms with E-state index in [0.29, 0.717) is 6.04 Å². The fourth-order valence-electron chi connectivity index (χ4n) is 3.14. The lowest BCUT2D eigenvalue weighted by atomic mass is 9.92. The summed E-state index contributed by atoms with van der Waals surface area (Å²) in [6, 6.07) is 0.469. The summed E-state index contributed by atoms with van der Waals surface area (Å²) >= 11 is 0. The van der Waals surface area contributed by atoms with E-state index in [1.807, 2.05) is 0 Å². The first kappa shape index (κ1) is 12.9. The number of fused-ring (bicyclic) bond motifs is 1. The first-order valence-corrected chi connectivity index (χ1v) is 7.72. The van der Waals surface area contributed by atoms with E-state index in [2.05, 4.69) is 28.3 Å². The normalized spacial score (nSPS) is 22.6. The fraction of sp³-hybridized carbons (Fsp3) is 0.733. The summed E-state index contributed by atoms with van der Waals surface area (Å²) in [7, 11) is 0. The molecule has 104 valence electrons. The Bertz CT molecular complexity index is 426. The molecule has 1 N–H and O–H groups in total. The lowest BCUT2D eigenvalue weighted by Crippen LogP contribution is -2.28. The molecule has 0 amide bonds. The molecular weight excluding hydrogens is 236 g/mol. The molecule has 19 heavy (non-hydrogen) atoms. The fourth-order valence-corrected chi connectivity index (χ4v) is 3.14. The van der Waals surface area contributed by atoms with Gasteiger partial charge in [-0.15, -0.1) is 0 Å². The number of nitrogens with one attached hydrogen (secondary N) is 1. The molecule has 4 heteroatoms. The van der Waals surface area contributed by atoms with Crippen LogP contribution in [-0.2, 0) is 6.42 Å². The third-order valence-electron chi connectivity index (χ3n) is 4.20. The van der Waals surface area contributed by atoms with Crippen LogP contribution in [0.15, 0.2) is 6.20 Å². The number of rotatable bonds is 4. The Morgan fingerprint density at radius 2 is 2.16 bits per heavy atom. The Labute approximate surface area is 115 Å². The maximum atomic E-state index is 4.83. The van der Waals surface area contributed by atoms with Crippen molar-refractivity contribution in [1.82, 2.24) is 15.3 Å². The molecular formula is C15H24N4. The van der Waals surface area contributed by atoms with Gasteiger partial charge < -0.3 is 10.2 Å². The molecule has 0 radical (unpaired) electrons. The van der Waals surface area contributed by atoms with Gasteiger partial charge in [0.1, 0.15) is 0 Å². The van der Waals surface area contributed by atoms with Gasteiger partial charge in [-0.1, -0.05) is 6.92 Å². The molecule has 2 heterocycles. The highest BCUT2D eigenvalue weighted by Gasteiger charge is 2.23. The monoisotopic (exact) mass is 260 g/mol. The number of hydrogen-bond acceptors (Lipinski definition) is 4. The molecule has 0 bridgehead atoms. The van der Waals surface area contributed by atoms with E-state index in [-0.39, 0.29) is 0 Å². The van der Waals surface area contributed by atoms with Crippen molar-refractivity contribution < 1.29 is 0 Å². The van der Waals surface area contributed by atoms with Crippen molar-refractivity contribution >= 4 is 5.95 Å². The second-order valence-electron chi connectivity index (χ2n) is 5.67. The van der Waals surface area contributed by atoms with Gasteiger partial charge in [0.15, 0.2) is 0 Å². The van der Waals surface area contributed by atoms with Crippen molar-refractivity contribution in [3.05, 3.63) is 17.5 Å². The van der Waals surface area contributed by atoms with E-state index in [1.165, 1.54) is 43.4 Å². The van der Waals surface area contributed by atoms with Gasteiger partial charge >= 0.3 is 0 Å². The van der Waals surface area contributed by atoms with E-state index in [4.69, 9.17) is 4.98 Å². The first-order chi connectivity index (χ1) is 9.38. The standard InChI is InChI=1S/C15H24N4/c1-2-8-16-13-6-5-7-14-12(13)11-17-15(18-14)19-9-3-4-10-19/h11,13,16H,2-10H2,1H3. The minimum atomic E-state index is 0.469. The van der Waals surface area contributed by atoms with Crippen LogP contribution in [0.3, 0.4) is 0 Å². The SMILES string of the molecule is CCCNC1CCCc2nc(N3CCCC3)ncc21. The number of aromatic nitrogens is 2. The summed E-state index contributed by atoms with van der Waals surface area (Å²) in [4.78, 5) is 11.8. The van der Waals surface area contributed by atoms with Crippen molar-refractivity contribution in [1.29, 1.82) is 0 Å². The minimum Gasteiger partial charge on any atom is -0.341 e. The van der Waals surface area contributed by atoms with E-state index in [1.54, 1.807) is 0 Å². The highest BCUT2D eigenvalue weighted by atomic mass is 15.3. The largest absolute Gasteiger partial charge is 0.341 e. The number of aryl methyl sites for hydroxylation is 1. The molecule has 1 aliphatic carbocycles. The molecule has 2 aliphatic rings. The Morgan fingerprint density at radius 3 is 2.95 bits per heavy atom. The molecule has 1 fully saturated rings. The summed E-state index contributed by atoms with van der Waals surface area (Å²) in [6.45, 7) is 5.54. The van der Waals surface area contributed by atoms with E-state index < -0.39 is 0 Å². The zero-order valence-corrected chi connectivity index (χ0v) is 11.9. The molecule has 1 aromatic rings.